The first-order valence-corrected chi connectivity index (χ1v) is 10.2. The molecule has 2 fully saturated rings. The average molecular weight is 374 g/mol. The summed E-state index contributed by atoms with van der Waals surface area (Å²) in [5, 5.41) is 4.45. The van der Waals surface area contributed by atoms with E-state index in [9.17, 15) is 4.79 Å². The van der Waals surface area contributed by atoms with Gasteiger partial charge in [0.05, 0.1) is 0 Å². The number of H-pyrrole nitrogens is 1. The Morgan fingerprint density at radius 1 is 1.18 bits per heavy atom. The standard InChI is InChI=1S/C23H26N4O/c1-15(28)25-20-14-27(12-16-6-3-2-4-7-16)13-19(20)21-18-8-5-11-24-23(18)26-22(21)17-9-10-17/h2-8,11,17,19-20H,9-10,12-14H2,1H3,(H,24,26)(H,25,28)/t19-,20-/m1/s1. The number of likely N-dealkylation sites (tertiary alicyclic amines) is 1. The molecule has 3 heterocycles. The van der Waals surface area contributed by atoms with Crippen LogP contribution in [0.3, 0.4) is 0 Å². The fourth-order valence-electron chi connectivity index (χ4n) is 4.71. The van der Waals surface area contributed by atoms with Gasteiger partial charge < -0.3 is 10.3 Å². The largest absolute Gasteiger partial charge is 0.352 e. The van der Waals surface area contributed by atoms with Gasteiger partial charge in [0.2, 0.25) is 5.91 Å². The lowest BCUT2D eigenvalue weighted by Gasteiger charge is -2.20. The van der Waals surface area contributed by atoms with Crippen molar-refractivity contribution in [2.75, 3.05) is 13.1 Å². The Labute approximate surface area is 165 Å². The number of nitrogens with one attached hydrogen (secondary N) is 2. The van der Waals surface area contributed by atoms with Crippen molar-refractivity contribution in [1.82, 2.24) is 20.2 Å². The number of rotatable bonds is 5. The molecule has 0 radical (unpaired) electrons. The van der Waals surface area contributed by atoms with E-state index in [1.165, 1.54) is 35.0 Å². The third-order valence-corrected chi connectivity index (χ3v) is 6.03. The lowest BCUT2D eigenvalue weighted by molar-refractivity contribution is -0.119. The number of aromatic nitrogens is 2. The molecule has 0 unspecified atom stereocenters. The van der Waals surface area contributed by atoms with E-state index < -0.39 is 0 Å². The van der Waals surface area contributed by atoms with Crippen LogP contribution < -0.4 is 5.32 Å². The Bertz CT molecular complexity index is 992. The number of pyridine rings is 1. The van der Waals surface area contributed by atoms with Crippen molar-refractivity contribution in [2.24, 2.45) is 0 Å². The molecule has 0 bridgehead atoms. The average Bonchev–Trinajstić information content (AvgIpc) is 3.36. The van der Waals surface area contributed by atoms with E-state index in [2.05, 4.69) is 56.6 Å². The lowest BCUT2D eigenvalue weighted by Crippen LogP contribution is -2.38. The highest BCUT2D eigenvalue weighted by Gasteiger charge is 2.40. The number of carbonyl (C=O) groups excluding carboxylic acids is 1. The summed E-state index contributed by atoms with van der Waals surface area (Å²) in [6, 6.07) is 14.9. The van der Waals surface area contributed by atoms with Crippen LogP contribution in [0.2, 0.25) is 0 Å². The van der Waals surface area contributed by atoms with Gasteiger partial charge in [-0.25, -0.2) is 4.98 Å². The molecule has 1 saturated carbocycles. The maximum Gasteiger partial charge on any atom is 0.217 e. The summed E-state index contributed by atoms with van der Waals surface area (Å²) in [4.78, 5) is 22.5. The second-order valence-electron chi connectivity index (χ2n) is 8.22. The zero-order chi connectivity index (χ0) is 19.1. The number of benzene rings is 1. The lowest BCUT2D eigenvalue weighted by atomic mass is 9.90. The molecular formula is C23H26N4O. The van der Waals surface area contributed by atoms with Gasteiger partial charge in [0.25, 0.3) is 0 Å². The summed E-state index contributed by atoms with van der Waals surface area (Å²) >= 11 is 0. The minimum Gasteiger partial charge on any atom is -0.352 e. The third-order valence-electron chi connectivity index (χ3n) is 6.03. The van der Waals surface area contributed by atoms with Crippen LogP contribution in [0.5, 0.6) is 0 Å². The Morgan fingerprint density at radius 2 is 2.00 bits per heavy atom. The van der Waals surface area contributed by atoms with Gasteiger partial charge >= 0.3 is 0 Å². The van der Waals surface area contributed by atoms with E-state index in [0.717, 1.165) is 25.3 Å². The zero-order valence-corrected chi connectivity index (χ0v) is 16.2. The van der Waals surface area contributed by atoms with Gasteiger partial charge in [0.15, 0.2) is 0 Å². The minimum atomic E-state index is 0.0440. The van der Waals surface area contributed by atoms with Crippen molar-refractivity contribution >= 4 is 16.9 Å². The Kier molecular flexibility index (Phi) is 4.40. The van der Waals surface area contributed by atoms with E-state index in [1.54, 1.807) is 6.92 Å². The molecule has 5 rings (SSSR count). The highest BCUT2D eigenvalue weighted by atomic mass is 16.1. The van der Waals surface area contributed by atoms with Crippen LogP contribution in [0, 0.1) is 0 Å². The van der Waals surface area contributed by atoms with E-state index in [4.69, 9.17) is 0 Å². The first-order valence-electron chi connectivity index (χ1n) is 10.2. The Morgan fingerprint density at radius 3 is 2.75 bits per heavy atom. The van der Waals surface area contributed by atoms with Gasteiger partial charge in [-0.3, -0.25) is 9.69 Å². The summed E-state index contributed by atoms with van der Waals surface area (Å²) in [6.07, 6.45) is 4.33. The molecule has 1 saturated heterocycles. The fraction of sp³-hybridized carbons (Fsp3) is 0.391. The van der Waals surface area contributed by atoms with Gasteiger partial charge in [-0.2, -0.15) is 0 Å². The molecule has 2 aliphatic rings. The van der Waals surface area contributed by atoms with Crippen molar-refractivity contribution in [1.29, 1.82) is 0 Å². The number of aromatic amines is 1. The van der Waals surface area contributed by atoms with E-state index >= 15 is 0 Å². The molecule has 2 N–H and O–H groups in total. The number of hydrogen-bond donors (Lipinski definition) is 2. The molecular weight excluding hydrogens is 348 g/mol. The predicted octanol–water partition coefficient (Wildman–Crippen LogP) is 3.54. The topological polar surface area (TPSA) is 61.0 Å². The summed E-state index contributed by atoms with van der Waals surface area (Å²) in [5.74, 6) is 0.939. The van der Waals surface area contributed by atoms with E-state index in [-0.39, 0.29) is 17.9 Å². The van der Waals surface area contributed by atoms with Crippen molar-refractivity contribution in [2.45, 2.75) is 44.2 Å². The first-order chi connectivity index (χ1) is 13.7. The Balaban J connectivity index is 1.51. The molecule has 5 nitrogen and oxygen atoms in total. The van der Waals surface area contributed by atoms with Crippen LogP contribution in [-0.2, 0) is 11.3 Å². The molecule has 5 heteroatoms. The van der Waals surface area contributed by atoms with Crippen LogP contribution in [0.25, 0.3) is 11.0 Å². The summed E-state index contributed by atoms with van der Waals surface area (Å²) in [7, 11) is 0. The van der Waals surface area contributed by atoms with E-state index in [1.807, 2.05) is 12.3 Å². The molecule has 2 aromatic heterocycles. The van der Waals surface area contributed by atoms with Crippen molar-refractivity contribution < 1.29 is 4.79 Å². The first kappa shape index (κ1) is 17.4. The molecule has 2 atom stereocenters. The van der Waals surface area contributed by atoms with Gasteiger partial charge in [-0.15, -0.1) is 0 Å². The maximum absolute atomic E-state index is 11.9. The number of carbonyl (C=O) groups is 1. The van der Waals surface area contributed by atoms with Crippen LogP contribution in [0.15, 0.2) is 48.7 Å². The second kappa shape index (κ2) is 7.06. The van der Waals surface area contributed by atoms with Gasteiger partial charge in [0, 0.05) is 55.8 Å². The third kappa shape index (κ3) is 3.31. The van der Waals surface area contributed by atoms with Crippen LogP contribution in [0.1, 0.15) is 48.4 Å². The van der Waals surface area contributed by atoms with Gasteiger partial charge in [0.1, 0.15) is 5.65 Å². The quantitative estimate of drug-likeness (QED) is 0.718. The maximum atomic E-state index is 11.9. The molecule has 3 aromatic rings. The van der Waals surface area contributed by atoms with Crippen LogP contribution in [-0.4, -0.2) is 39.9 Å². The molecule has 28 heavy (non-hydrogen) atoms. The predicted molar refractivity (Wildman–Crippen MR) is 110 cm³/mol. The summed E-state index contributed by atoms with van der Waals surface area (Å²) in [5.41, 5.74) is 5.01. The smallest absolute Gasteiger partial charge is 0.217 e. The number of hydrogen-bond acceptors (Lipinski definition) is 3. The molecule has 1 aromatic carbocycles. The fourth-order valence-corrected chi connectivity index (χ4v) is 4.71. The monoisotopic (exact) mass is 374 g/mol. The molecule has 0 spiro atoms. The normalized spacial score (nSPS) is 22.6. The van der Waals surface area contributed by atoms with Gasteiger partial charge in [-0.05, 0) is 42.0 Å². The van der Waals surface area contributed by atoms with Crippen LogP contribution in [0.4, 0.5) is 0 Å². The molecule has 144 valence electrons. The summed E-state index contributed by atoms with van der Waals surface area (Å²) in [6.45, 7) is 4.35. The Hall–Kier alpha value is -2.66. The number of fused-ring (bicyclic) bond motifs is 1. The van der Waals surface area contributed by atoms with Gasteiger partial charge in [-0.1, -0.05) is 30.3 Å². The van der Waals surface area contributed by atoms with Crippen LogP contribution >= 0.6 is 0 Å². The number of amides is 1. The second-order valence-corrected chi connectivity index (χ2v) is 8.22. The van der Waals surface area contributed by atoms with E-state index in [0.29, 0.717) is 5.92 Å². The highest BCUT2D eigenvalue weighted by Crippen LogP contribution is 2.46. The summed E-state index contributed by atoms with van der Waals surface area (Å²) < 4.78 is 0. The molecule has 1 aliphatic carbocycles. The van der Waals surface area contributed by atoms with Crippen molar-refractivity contribution in [3.8, 4) is 0 Å². The number of nitrogens with zero attached hydrogens (tertiary/aromatic N) is 2. The molecule has 1 amide bonds. The van der Waals surface area contributed by atoms with Crippen molar-refractivity contribution in [3.05, 3.63) is 65.5 Å². The highest BCUT2D eigenvalue weighted by molar-refractivity contribution is 5.83. The minimum absolute atomic E-state index is 0.0440. The molecule has 1 aliphatic heterocycles. The zero-order valence-electron chi connectivity index (χ0n) is 16.2. The SMILES string of the molecule is CC(=O)N[C@@H]1CN(Cc2ccccc2)C[C@H]1c1c(C2CC2)[nH]c2ncccc12. The van der Waals surface area contributed by atoms with Crippen molar-refractivity contribution in [3.63, 3.8) is 0 Å².